The standard InChI is InChI=1S/C13H22ClN5OS/c1-13(2,3)15-11(20)9-19-6-4-18(5-7-19)8-10-12(14)21-17-16-10/h4-9H2,1-3H3,(H,15,20). The van der Waals surface area contributed by atoms with Gasteiger partial charge in [-0.1, -0.05) is 16.1 Å². The lowest BCUT2D eigenvalue weighted by Gasteiger charge is -2.34. The van der Waals surface area contributed by atoms with Crippen molar-refractivity contribution in [2.75, 3.05) is 32.7 Å². The van der Waals surface area contributed by atoms with Gasteiger partial charge in [0.25, 0.3) is 0 Å². The Kier molecular flexibility index (Phi) is 5.54. The smallest absolute Gasteiger partial charge is 0.234 e. The Bertz CT molecular complexity index is 479. The summed E-state index contributed by atoms with van der Waals surface area (Å²) >= 11 is 7.24. The summed E-state index contributed by atoms with van der Waals surface area (Å²) in [6.45, 7) is 10.8. The molecule has 0 unspecified atom stereocenters. The van der Waals surface area contributed by atoms with Crippen LogP contribution in [-0.2, 0) is 11.3 Å². The number of nitrogens with zero attached hydrogens (tertiary/aromatic N) is 4. The maximum absolute atomic E-state index is 11.9. The molecule has 0 atom stereocenters. The lowest BCUT2D eigenvalue weighted by atomic mass is 10.1. The van der Waals surface area contributed by atoms with Gasteiger partial charge in [0, 0.05) is 49.8 Å². The third-order valence-corrected chi connectivity index (χ3v) is 4.21. The van der Waals surface area contributed by atoms with Gasteiger partial charge in [-0.2, -0.15) is 0 Å². The van der Waals surface area contributed by atoms with Gasteiger partial charge in [-0.15, -0.1) is 5.10 Å². The Morgan fingerprint density at radius 3 is 2.43 bits per heavy atom. The highest BCUT2D eigenvalue weighted by Gasteiger charge is 2.22. The van der Waals surface area contributed by atoms with Crippen LogP contribution in [0.15, 0.2) is 0 Å². The zero-order chi connectivity index (χ0) is 15.5. The summed E-state index contributed by atoms with van der Waals surface area (Å²) in [5.41, 5.74) is 0.674. The second kappa shape index (κ2) is 7.00. The fraction of sp³-hybridized carbons (Fsp3) is 0.769. The van der Waals surface area contributed by atoms with Gasteiger partial charge in [-0.3, -0.25) is 14.6 Å². The van der Waals surface area contributed by atoms with Gasteiger partial charge in [0.1, 0.15) is 10.0 Å². The molecule has 21 heavy (non-hydrogen) atoms. The number of hydrogen-bond donors (Lipinski definition) is 1. The Balaban J connectivity index is 1.73. The molecular weight excluding hydrogens is 310 g/mol. The molecule has 1 N–H and O–H groups in total. The first-order valence-electron chi connectivity index (χ1n) is 7.06. The molecule has 1 aliphatic rings. The van der Waals surface area contributed by atoms with Gasteiger partial charge < -0.3 is 5.32 Å². The van der Waals surface area contributed by atoms with E-state index in [0.29, 0.717) is 10.9 Å². The van der Waals surface area contributed by atoms with Crippen LogP contribution in [0.2, 0.25) is 4.34 Å². The van der Waals surface area contributed by atoms with Crippen molar-refractivity contribution in [2.45, 2.75) is 32.9 Å². The Morgan fingerprint density at radius 2 is 1.90 bits per heavy atom. The van der Waals surface area contributed by atoms with Crippen molar-refractivity contribution < 1.29 is 4.79 Å². The lowest BCUT2D eigenvalue weighted by Crippen LogP contribution is -2.51. The molecule has 1 aliphatic heterocycles. The molecule has 2 rings (SSSR count). The topological polar surface area (TPSA) is 61.4 Å². The Labute approximate surface area is 134 Å². The summed E-state index contributed by atoms with van der Waals surface area (Å²) in [7, 11) is 0. The van der Waals surface area contributed by atoms with E-state index in [4.69, 9.17) is 11.6 Å². The van der Waals surface area contributed by atoms with Gasteiger partial charge in [0.2, 0.25) is 5.91 Å². The van der Waals surface area contributed by atoms with Crippen LogP contribution in [-0.4, -0.2) is 63.6 Å². The van der Waals surface area contributed by atoms with Gasteiger partial charge >= 0.3 is 0 Å². The molecule has 1 aromatic heterocycles. The predicted molar refractivity (Wildman–Crippen MR) is 84.5 cm³/mol. The molecule has 0 radical (unpaired) electrons. The van der Waals surface area contributed by atoms with Crippen molar-refractivity contribution in [3.05, 3.63) is 10.0 Å². The Morgan fingerprint density at radius 1 is 1.29 bits per heavy atom. The lowest BCUT2D eigenvalue weighted by molar-refractivity contribution is -0.124. The second-order valence-corrected chi connectivity index (χ2v) is 7.70. The number of hydrogen-bond acceptors (Lipinski definition) is 6. The SMILES string of the molecule is CC(C)(C)NC(=O)CN1CCN(Cc2nnsc2Cl)CC1. The third kappa shape index (κ3) is 5.50. The zero-order valence-corrected chi connectivity index (χ0v) is 14.3. The maximum atomic E-state index is 11.9. The molecule has 1 fully saturated rings. The molecule has 0 aliphatic carbocycles. The molecule has 0 aromatic carbocycles. The van der Waals surface area contributed by atoms with Gasteiger partial charge in [-0.25, -0.2) is 0 Å². The molecular formula is C13H22ClN5OS. The first-order valence-corrected chi connectivity index (χ1v) is 8.21. The van der Waals surface area contributed by atoms with E-state index in [9.17, 15) is 4.79 Å². The highest BCUT2D eigenvalue weighted by Crippen LogP contribution is 2.19. The number of carbonyl (C=O) groups excluding carboxylic acids is 1. The number of aromatic nitrogens is 2. The summed E-state index contributed by atoms with van der Waals surface area (Å²) in [6.07, 6.45) is 0. The molecule has 0 bridgehead atoms. The molecule has 8 heteroatoms. The van der Waals surface area contributed by atoms with Crippen molar-refractivity contribution in [1.29, 1.82) is 0 Å². The summed E-state index contributed by atoms with van der Waals surface area (Å²) in [4.78, 5) is 16.4. The molecule has 2 heterocycles. The molecule has 0 spiro atoms. The number of carbonyl (C=O) groups is 1. The summed E-state index contributed by atoms with van der Waals surface area (Å²) in [6, 6.07) is 0. The number of piperazine rings is 1. The Hall–Kier alpha value is -0.760. The van der Waals surface area contributed by atoms with Crippen LogP contribution in [0.25, 0.3) is 0 Å². The number of amides is 1. The van der Waals surface area contributed by atoms with Crippen LogP contribution in [0.1, 0.15) is 26.5 Å². The monoisotopic (exact) mass is 331 g/mol. The molecule has 0 saturated carbocycles. The average Bonchev–Trinajstić information content (AvgIpc) is 2.75. The van der Waals surface area contributed by atoms with Gasteiger partial charge in [0.05, 0.1) is 6.54 Å². The zero-order valence-electron chi connectivity index (χ0n) is 12.7. The van der Waals surface area contributed by atoms with Crippen LogP contribution in [0.4, 0.5) is 0 Å². The quantitative estimate of drug-likeness (QED) is 0.899. The minimum absolute atomic E-state index is 0.0858. The van der Waals surface area contributed by atoms with E-state index >= 15 is 0 Å². The second-order valence-electron chi connectivity index (χ2n) is 6.34. The summed E-state index contributed by atoms with van der Waals surface area (Å²) < 4.78 is 4.51. The molecule has 6 nitrogen and oxygen atoms in total. The third-order valence-electron chi connectivity index (χ3n) is 3.23. The fourth-order valence-electron chi connectivity index (χ4n) is 2.27. The van der Waals surface area contributed by atoms with E-state index in [1.165, 1.54) is 11.5 Å². The highest BCUT2D eigenvalue weighted by atomic mass is 35.5. The van der Waals surface area contributed by atoms with Crippen molar-refractivity contribution in [3.8, 4) is 0 Å². The van der Waals surface area contributed by atoms with E-state index in [0.717, 1.165) is 38.4 Å². The minimum Gasteiger partial charge on any atom is -0.350 e. The number of rotatable bonds is 4. The van der Waals surface area contributed by atoms with Crippen molar-refractivity contribution in [2.24, 2.45) is 0 Å². The van der Waals surface area contributed by atoms with Crippen LogP contribution in [0, 0.1) is 0 Å². The normalized spacial score (nSPS) is 17.9. The van der Waals surface area contributed by atoms with Crippen LogP contribution in [0.3, 0.4) is 0 Å². The maximum Gasteiger partial charge on any atom is 0.234 e. The van der Waals surface area contributed by atoms with E-state index in [1.54, 1.807) is 0 Å². The van der Waals surface area contributed by atoms with Crippen LogP contribution in [0.5, 0.6) is 0 Å². The van der Waals surface area contributed by atoms with Gasteiger partial charge in [0.15, 0.2) is 0 Å². The fourth-order valence-corrected chi connectivity index (χ4v) is 2.88. The van der Waals surface area contributed by atoms with E-state index in [-0.39, 0.29) is 11.4 Å². The number of nitrogens with one attached hydrogen (secondary N) is 1. The van der Waals surface area contributed by atoms with Crippen molar-refractivity contribution >= 4 is 29.0 Å². The van der Waals surface area contributed by atoms with E-state index in [1.807, 2.05) is 20.8 Å². The molecule has 1 saturated heterocycles. The van der Waals surface area contributed by atoms with Crippen LogP contribution < -0.4 is 5.32 Å². The van der Waals surface area contributed by atoms with Crippen molar-refractivity contribution in [1.82, 2.24) is 24.7 Å². The predicted octanol–water partition coefficient (Wildman–Crippen LogP) is 1.22. The molecule has 118 valence electrons. The van der Waals surface area contributed by atoms with E-state index in [2.05, 4.69) is 24.7 Å². The largest absolute Gasteiger partial charge is 0.350 e. The first kappa shape index (κ1) is 16.6. The minimum atomic E-state index is -0.173. The average molecular weight is 332 g/mol. The summed E-state index contributed by atoms with van der Waals surface area (Å²) in [5, 5.41) is 7.03. The number of halogens is 1. The highest BCUT2D eigenvalue weighted by molar-refractivity contribution is 7.10. The van der Waals surface area contributed by atoms with Crippen LogP contribution >= 0.6 is 23.1 Å². The molecule has 1 amide bonds. The van der Waals surface area contributed by atoms with E-state index < -0.39 is 0 Å². The van der Waals surface area contributed by atoms with Crippen molar-refractivity contribution in [3.63, 3.8) is 0 Å². The molecule has 1 aromatic rings. The van der Waals surface area contributed by atoms with Gasteiger partial charge in [-0.05, 0) is 20.8 Å². The first-order chi connectivity index (χ1) is 9.83. The summed E-state index contributed by atoms with van der Waals surface area (Å²) in [5.74, 6) is 0.0858.